The van der Waals surface area contributed by atoms with Crippen molar-refractivity contribution < 1.29 is 0 Å². The van der Waals surface area contributed by atoms with Crippen LogP contribution in [0.5, 0.6) is 0 Å². The Hall–Kier alpha value is -1.76. The molecule has 0 fully saturated rings. The second-order valence-electron chi connectivity index (χ2n) is 4.96. The molecular formula is C18H25N. The summed E-state index contributed by atoms with van der Waals surface area (Å²) in [6.45, 7) is 12.7. The number of hydrogen-bond acceptors (Lipinski definition) is 1. The van der Waals surface area contributed by atoms with Gasteiger partial charge in [-0.1, -0.05) is 63.1 Å². The fraction of sp³-hybridized carbons (Fsp3) is 0.333. The van der Waals surface area contributed by atoms with Crippen LogP contribution in [-0.4, -0.2) is 4.90 Å². The number of allylic oxidation sites excluding steroid dienone is 1. The molecule has 0 N–H and O–H groups in total. The van der Waals surface area contributed by atoms with Crippen LogP contribution >= 0.6 is 0 Å². The summed E-state index contributed by atoms with van der Waals surface area (Å²) in [5.41, 5.74) is 4.74. The summed E-state index contributed by atoms with van der Waals surface area (Å²) in [7, 11) is 0. The Balaban J connectivity index is 0.000000399. The summed E-state index contributed by atoms with van der Waals surface area (Å²) >= 11 is 0. The lowest BCUT2D eigenvalue weighted by atomic mass is 10.0. The van der Waals surface area contributed by atoms with E-state index in [1.807, 2.05) is 12.1 Å². The van der Waals surface area contributed by atoms with Crippen LogP contribution in [0.1, 0.15) is 51.7 Å². The highest BCUT2D eigenvalue weighted by Crippen LogP contribution is 2.28. The van der Waals surface area contributed by atoms with Crippen LogP contribution in [0.25, 0.3) is 11.8 Å². The summed E-state index contributed by atoms with van der Waals surface area (Å²) in [5.74, 6) is 0. The number of hydrogen-bond donors (Lipinski definition) is 0. The lowest BCUT2D eigenvalue weighted by Gasteiger charge is -2.24. The standard InChI is InChI=1S/C14H15N.C4H10/c1-11(2)10-15-9-8-13-6-4-5-7-14(13)12(15)3;1-3-4-2/h4-10H,3H2,1-2H3;3-4H2,1-2H3. The maximum absolute atomic E-state index is 4.12. The second-order valence-corrected chi connectivity index (χ2v) is 4.96. The Labute approximate surface area is 118 Å². The normalized spacial score (nSPS) is 12.4. The van der Waals surface area contributed by atoms with Gasteiger partial charge in [-0.15, -0.1) is 0 Å². The van der Waals surface area contributed by atoms with Crippen LogP contribution in [0, 0.1) is 0 Å². The Morgan fingerprint density at radius 3 is 2.37 bits per heavy atom. The van der Waals surface area contributed by atoms with Gasteiger partial charge < -0.3 is 4.90 Å². The maximum Gasteiger partial charge on any atom is 0.0455 e. The van der Waals surface area contributed by atoms with Gasteiger partial charge in [0.25, 0.3) is 0 Å². The first-order valence-electron chi connectivity index (χ1n) is 7.00. The molecule has 102 valence electrons. The van der Waals surface area contributed by atoms with Crippen molar-refractivity contribution in [1.29, 1.82) is 0 Å². The monoisotopic (exact) mass is 255 g/mol. The molecule has 0 aromatic heterocycles. The third-order valence-corrected chi connectivity index (χ3v) is 2.90. The zero-order valence-electron chi connectivity index (χ0n) is 12.6. The zero-order chi connectivity index (χ0) is 14.3. The van der Waals surface area contributed by atoms with Crippen molar-refractivity contribution in [3.05, 3.63) is 59.9 Å². The van der Waals surface area contributed by atoms with Crippen LogP contribution in [0.15, 0.2) is 48.8 Å². The van der Waals surface area contributed by atoms with Crippen molar-refractivity contribution >= 4 is 11.8 Å². The maximum atomic E-state index is 4.12. The third-order valence-electron chi connectivity index (χ3n) is 2.90. The Morgan fingerprint density at radius 1 is 1.16 bits per heavy atom. The quantitative estimate of drug-likeness (QED) is 0.657. The first-order chi connectivity index (χ1) is 9.10. The van der Waals surface area contributed by atoms with E-state index in [2.05, 4.69) is 69.8 Å². The van der Waals surface area contributed by atoms with E-state index in [-0.39, 0.29) is 0 Å². The molecule has 0 aliphatic carbocycles. The van der Waals surface area contributed by atoms with Gasteiger partial charge in [-0.25, -0.2) is 0 Å². The molecule has 1 heteroatoms. The molecule has 0 bridgehead atoms. The van der Waals surface area contributed by atoms with E-state index in [0.717, 1.165) is 5.70 Å². The van der Waals surface area contributed by atoms with Gasteiger partial charge in [0, 0.05) is 23.7 Å². The number of fused-ring (bicyclic) bond motifs is 1. The molecule has 1 heterocycles. The zero-order valence-corrected chi connectivity index (χ0v) is 12.6. The molecule has 0 radical (unpaired) electrons. The molecule has 1 nitrogen and oxygen atoms in total. The molecule has 0 saturated carbocycles. The average Bonchev–Trinajstić information content (AvgIpc) is 2.42. The minimum atomic E-state index is 1.04. The summed E-state index contributed by atoms with van der Waals surface area (Å²) in [5, 5.41) is 0. The van der Waals surface area contributed by atoms with E-state index in [1.165, 1.54) is 29.5 Å². The van der Waals surface area contributed by atoms with E-state index < -0.39 is 0 Å². The number of unbranched alkanes of at least 4 members (excludes halogenated alkanes) is 1. The predicted octanol–water partition coefficient (Wildman–Crippen LogP) is 5.67. The Morgan fingerprint density at radius 2 is 1.79 bits per heavy atom. The Bertz CT molecular complexity index is 474. The van der Waals surface area contributed by atoms with Crippen LogP contribution in [-0.2, 0) is 0 Å². The average molecular weight is 255 g/mol. The topological polar surface area (TPSA) is 3.24 Å². The van der Waals surface area contributed by atoms with Gasteiger partial charge >= 0.3 is 0 Å². The van der Waals surface area contributed by atoms with Crippen molar-refractivity contribution in [3.63, 3.8) is 0 Å². The lowest BCUT2D eigenvalue weighted by Crippen LogP contribution is -2.12. The third kappa shape index (κ3) is 4.44. The highest BCUT2D eigenvalue weighted by molar-refractivity contribution is 5.77. The van der Waals surface area contributed by atoms with Gasteiger partial charge in [0.2, 0.25) is 0 Å². The molecule has 1 aliphatic rings. The van der Waals surface area contributed by atoms with Crippen molar-refractivity contribution in [2.45, 2.75) is 40.5 Å². The minimum Gasteiger partial charge on any atom is -0.324 e. The van der Waals surface area contributed by atoms with Gasteiger partial charge in [0.05, 0.1) is 0 Å². The Kier molecular flexibility index (Phi) is 6.14. The van der Waals surface area contributed by atoms with Crippen molar-refractivity contribution in [2.24, 2.45) is 0 Å². The van der Waals surface area contributed by atoms with Crippen LogP contribution in [0.4, 0.5) is 0 Å². The molecule has 0 spiro atoms. The molecule has 0 amide bonds. The fourth-order valence-electron chi connectivity index (χ4n) is 1.69. The van der Waals surface area contributed by atoms with E-state index in [9.17, 15) is 0 Å². The molecule has 2 rings (SSSR count). The van der Waals surface area contributed by atoms with Gasteiger partial charge in [0.15, 0.2) is 0 Å². The van der Waals surface area contributed by atoms with E-state index in [1.54, 1.807) is 0 Å². The summed E-state index contributed by atoms with van der Waals surface area (Å²) in [4.78, 5) is 2.07. The van der Waals surface area contributed by atoms with E-state index in [0.29, 0.717) is 0 Å². The fourth-order valence-corrected chi connectivity index (χ4v) is 1.69. The van der Waals surface area contributed by atoms with Gasteiger partial charge in [-0.2, -0.15) is 0 Å². The van der Waals surface area contributed by atoms with Crippen molar-refractivity contribution in [1.82, 2.24) is 4.90 Å². The van der Waals surface area contributed by atoms with Crippen LogP contribution < -0.4 is 0 Å². The summed E-state index contributed by atoms with van der Waals surface area (Å²) in [6.07, 6.45) is 8.90. The molecule has 1 aromatic carbocycles. The minimum absolute atomic E-state index is 1.04. The number of rotatable bonds is 2. The van der Waals surface area contributed by atoms with Gasteiger partial charge in [-0.05, 0) is 25.5 Å². The van der Waals surface area contributed by atoms with E-state index in [4.69, 9.17) is 0 Å². The summed E-state index contributed by atoms with van der Waals surface area (Å²) in [6, 6.07) is 8.31. The second kappa shape index (κ2) is 7.63. The van der Waals surface area contributed by atoms with Crippen molar-refractivity contribution in [3.8, 4) is 0 Å². The smallest absolute Gasteiger partial charge is 0.0455 e. The van der Waals surface area contributed by atoms with Crippen LogP contribution in [0.3, 0.4) is 0 Å². The SMILES string of the molecule is C=C1c2ccccc2C=CN1C=C(C)C.CCCC. The largest absolute Gasteiger partial charge is 0.324 e. The first-order valence-corrected chi connectivity index (χ1v) is 7.00. The highest BCUT2D eigenvalue weighted by atomic mass is 15.1. The molecule has 0 saturated heterocycles. The van der Waals surface area contributed by atoms with Gasteiger partial charge in [0.1, 0.15) is 0 Å². The van der Waals surface area contributed by atoms with E-state index >= 15 is 0 Å². The molecule has 19 heavy (non-hydrogen) atoms. The predicted molar refractivity (Wildman–Crippen MR) is 86.4 cm³/mol. The van der Waals surface area contributed by atoms with Crippen molar-refractivity contribution in [2.75, 3.05) is 0 Å². The van der Waals surface area contributed by atoms with Crippen LogP contribution in [0.2, 0.25) is 0 Å². The molecule has 1 aromatic rings. The number of nitrogens with zero attached hydrogens (tertiary/aromatic N) is 1. The molecular weight excluding hydrogens is 230 g/mol. The molecule has 0 atom stereocenters. The molecule has 1 aliphatic heterocycles. The summed E-state index contributed by atoms with van der Waals surface area (Å²) < 4.78 is 0. The highest BCUT2D eigenvalue weighted by Gasteiger charge is 2.12. The van der Waals surface area contributed by atoms with Gasteiger partial charge in [-0.3, -0.25) is 0 Å². The first kappa shape index (κ1) is 15.3. The lowest BCUT2D eigenvalue weighted by molar-refractivity contribution is 0.715. The number of benzene rings is 1. The molecule has 0 unspecified atom stereocenters.